The van der Waals surface area contributed by atoms with Gasteiger partial charge in [0.25, 0.3) is 0 Å². The highest BCUT2D eigenvalue weighted by Crippen LogP contribution is 2.18. The minimum atomic E-state index is -3.10. The van der Waals surface area contributed by atoms with E-state index >= 15 is 0 Å². The van der Waals surface area contributed by atoms with Crippen LogP contribution in [-0.2, 0) is 29.3 Å². The number of fused-ring (bicyclic) bond motifs is 1. The van der Waals surface area contributed by atoms with Crippen LogP contribution in [-0.4, -0.2) is 41.5 Å². The first-order chi connectivity index (χ1) is 8.58. The van der Waals surface area contributed by atoms with Crippen molar-refractivity contribution in [2.24, 2.45) is 0 Å². The van der Waals surface area contributed by atoms with Crippen molar-refractivity contribution in [2.75, 3.05) is 18.8 Å². The first kappa shape index (κ1) is 13.4. The Morgan fingerprint density at radius 3 is 2.61 bits per heavy atom. The average molecular weight is 269 g/mol. The van der Waals surface area contributed by atoms with Crippen molar-refractivity contribution in [2.45, 2.75) is 33.1 Å². The normalized spacial score (nSPS) is 17.2. The van der Waals surface area contributed by atoms with Crippen molar-refractivity contribution in [1.29, 1.82) is 0 Å². The highest BCUT2D eigenvalue weighted by atomic mass is 32.2. The molecule has 1 aliphatic heterocycles. The minimum absolute atomic E-state index is 0.162. The maximum absolute atomic E-state index is 11.9. The summed E-state index contributed by atoms with van der Waals surface area (Å²) >= 11 is 0. The van der Waals surface area contributed by atoms with Crippen LogP contribution in [0.1, 0.15) is 30.8 Å². The summed E-state index contributed by atoms with van der Waals surface area (Å²) in [5.41, 5.74) is 3.21. The fourth-order valence-electron chi connectivity index (χ4n) is 2.34. The van der Waals surface area contributed by atoms with Gasteiger partial charge in [0.2, 0.25) is 10.0 Å². The molecule has 0 aliphatic carbocycles. The summed E-state index contributed by atoms with van der Waals surface area (Å²) in [4.78, 5) is 8.58. The standard InChI is InChI=1S/C12H19N3O2S/c1-3-11-10-5-7-15(18(16,17)4-2)8-6-12(10)14-9-13-11/h9H,3-8H2,1-2H3. The van der Waals surface area contributed by atoms with Crippen LogP contribution in [0.4, 0.5) is 0 Å². The molecule has 1 aromatic heterocycles. The lowest BCUT2D eigenvalue weighted by atomic mass is 10.1. The van der Waals surface area contributed by atoms with Gasteiger partial charge in [-0.3, -0.25) is 0 Å². The van der Waals surface area contributed by atoms with E-state index in [-0.39, 0.29) is 5.75 Å². The van der Waals surface area contributed by atoms with Crippen molar-refractivity contribution < 1.29 is 8.42 Å². The lowest BCUT2D eigenvalue weighted by molar-refractivity contribution is 0.427. The van der Waals surface area contributed by atoms with Gasteiger partial charge in [-0.1, -0.05) is 6.92 Å². The van der Waals surface area contributed by atoms with Crippen LogP contribution < -0.4 is 0 Å². The van der Waals surface area contributed by atoms with Gasteiger partial charge in [-0.15, -0.1) is 0 Å². The Bertz CT molecular complexity index is 528. The van der Waals surface area contributed by atoms with E-state index in [4.69, 9.17) is 0 Å². The second-order valence-electron chi connectivity index (χ2n) is 4.40. The van der Waals surface area contributed by atoms with E-state index in [1.165, 1.54) is 0 Å². The smallest absolute Gasteiger partial charge is 0.213 e. The van der Waals surface area contributed by atoms with Crippen molar-refractivity contribution in [1.82, 2.24) is 14.3 Å². The molecule has 0 fully saturated rings. The van der Waals surface area contributed by atoms with Crippen LogP contribution in [0.3, 0.4) is 0 Å². The summed E-state index contributed by atoms with van der Waals surface area (Å²) in [7, 11) is -3.10. The topological polar surface area (TPSA) is 63.2 Å². The molecule has 0 bridgehead atoms. The van der Waals surface area contributed by atoms with Crippen LogP contribution in [0, 0.1) is 0 Å². The number of sulfonamides is 1. The van der Waals surface area contributed by atoms with Crippen LogP contribution in [0.2, 0.25) is 0 Å². The molecule has 0 amide bonds. The number of hydrogen-bond acceptors (Lipinski definition) is 4. The summed E-state index contributed by atoms with van der Waals surface area (Å²) < 4.78 is 25.4. The third-order valence-corrected chi connectivity index (χ3v) is 5.31. The lowest BCUT2D eigenvalue weighted by Gasteiger charge is -2.18. The van der Waals surface area contributed by atoms with E-state index in [9.17, 15) is 8.42 Å². The van der Waals surface area contributed by atoms with Gasteiger partial charge < -0.3 is 0 Å². The quantitative estimate of drug-likeness (QED) is 0.814. The molecule has 18 heavy (non-hydrogen) atoms. The van der Waals surface area contributed by atoms with Gasteiger partial charge >= 0.3 is 0 Å². The van der Waals surface area contributed by atoms with Gasteiger partial charge in [0.1, 0.15) is 6.33 Å². The van der Waals surface area contributed by atoms with E-state index in [1.54, 1.807) is 17.6 Å². The second kappa shape index (κ2) is 5.32. The Kier molecular flexibility index (Phi) is 3.97. The summed E-state index contributed by atoms with van der Waals surface area (Å²) in [6.07, 6.45) is 3.86. The molecule has 0 saturated carbocycles. The molecular formula is C12H19N3O2S. The Labute approximate surface area is 108 Å². The fourth-order valence-corrected chi connectivity index (χ4v) is 3.44. The molecule has 0 spiro atoms. The average Bonchev–Trinajstić information content (AvgIpc) is 2.61. The summed E-state index contributed by atoms with van der Waals surface area (Å²) in [6.45, 7) is 4.82. The van der Waals surface area contributed by atoms with Gasteiger partial charge in [0.15, 0.2) is 0 Å². The Hall–Kier alpha value is -1.01. The number of hydrogen-bond donors (Lipinski definition) is 0. The molecule has 6 heteroatoms. The summed E-state index contributed by atoms with van der Waals surface area (Å²) in [5.74, 6) is 0.162. The Balaban J connectivity index is 2.27. The molecule has 0 N–H and O–H groups in total. The van der Waals surface area contributed by atoms with Crippen molar-refractivity contribution >= 4 is 10.0 Å². The monoisotopic (exact) mass is 269 g/mol. The van der Waals surface area contributed by atoms with E-state index in [2.05, 4.69) is 16.9 Å². The molecule has 1 aromatic rings. The molecule has 0 unspecified atom stereocenters. The molecule has 2 rings (SSSR count). The van der Waals surface area contributed by atoms with Crippen molar-refractivity contribution in [3.8, 4) is 0 Å². The number of rotatable bonds is 3. The zero-order chi connectivity index (χ0) is 13.2. The van der Waals surface area contributed by atoms with E-state index in [0.717, 1.165) is 29.8 Å². The molecule has 1 aliphatic rings. The Morgan fingerprint density at radius 1 is 1.22 bits per heavy atom. The SMILES string of the molecule is CCc1ncnc2c1CCN(S(=O)(=O)CC)CC2. The van der Waals surface area contributed by atoms with Crippen molar-refractivity contribution in [3.63, 3.8) is 0 Å². The van der Waals surface area contributed by atoms with Gasteiger partial charge in [-0.25, -0.2) is 22.7 Å². The summed E-state index contributed by atoms with van der Waals surface area (Å²) in [5, 5.41) is 0. The minimum Gasteiger partial charge on any atom is -0.241 e. The van der Waals surface area contributed by atoms with Gasteiger partial charge in [-0.05, 0) is 25.3 Å². The van der Waals surface area contributed by atoms with Crippen molar-refractivity contribution in [3.05, 3.63) is 23.3 Å². The molecule has 5 nitrogen and oxygen atoms in total. The van der Waals surface area contributed by atoms with Crippen LogP contribution >= 0.6 is 0 Å². The predicted molar refractivity (Wildman–Crippen MR) is 69.9 cm³/mol. The first-order valence-electron chi connectivity index (χ1n) is 6.38. The van der Waals surface area contributed by atoms with Gasteiger partial charge in [0, 0.05) is 30.9 Å². The fraction of sp³-hybridized carbons (Fsp3) is 0.667. The third kappa shape index (κ3) is 2.54. The highest BCUT2D eigenvalue weighted by Gasteiger charge is 2.24. The van der Waals surface area contributed by atoms with Crippen LogP contribution in [0.15, 0.2) is 6.33 Å². The number of aryl methyl sites for hydroxylation is 1. The van der Waals surface area contributed by atoms with Gasteiger partial charge in [-0.2, -0.15) is 0 Å². The zero-order valence-electron chi connectivity index (χ0n) is 10.9. The maximum atomic E-state index is 11.9. The first-order valence-corrected chi connectivity index (χ1v) is 7.98. The molecule has 100 valence electrons. The van der Waals surface area contributed by atoms with E-state index in [1.807, 2.05) is 0 Å². The van der Waals surface area contributed by atoms with Crippen LogP contribution in [0.5, 0.6) is 0 Å². The highest BCUT2D eigenvalue weighted by molar-refractivity contribution is 7.89. The summed E-state index contributed by atoms with van der Waals surface area (Å²) in [6, 6.07) is 0. The number of nitrogens with zero attached hydrogens (tertiary/aromatic N) is 3. The molecule has 0 aromatic carbocycles. The van der Waals surface area contributed by atoms with Crippen LogP contribution in [0.25, 0.3) is 0 Å². The lowest BCUT2D eigenvalue weighted by Crippen LogP contribution is -2.34. The second-order valence-corrected chi connectivity index (χ2v) is 6.66. The third-order valence-electron chi connectivity index (χ3n) is 3.43. The van der Waals surface area contributed by atoms with E-state index in [0.29, 0.717) is 19.5 Å². The number of aromatic nitrogens is 2. The molecule has 2 heterocycles. The van der Waals surface area contributed by atoms with Gasteiger partial charge in [0.05, 0.1) is 5.75 Å². The molecule has 0 saturated heterocycles. The Morgan fingerprint density at radius 2 is 1.94 bits per heavy atom. The largest absolute Gasteiger partial charge is 0.241 e. The molecule has 0 atom stereocenters. The van der Waals surface area contributed by atoms with E-state index < -0.39 is 10.0 Å². The molecule has 0 radical (unpaired) electrons. The predicted octanol–water partition coefficient (Wildman–Crippen LogP) is 0.789. The molecular weight excluding hydrogens is 250 g/mol. The maximum Gasteiger partial charge on any atom is 0.213 e. The zero-order valence-corrected chi connectivity index (χ0v) is 11.7.